The minimum atomic E-state index is -1.23. The van der Waals surface area contributed by atoms with Gasteiger partial charge < -0.3 is 25.5 Å². The van der Waals surface area contributed by atoms with Gasteiger partial charge in [-0.25, -0.2) is 4.79 Å². The molecule has 0 spiro atoms. The van der Waals surface area contributed by atoms with Crippen LogP contribution in [-0.4, -0.2) is 55.8 Å². The van der Waals surface area contributed by atoms with E-state index in [-0.39, 0.29) is 6.42 Å². The first-order chi connectivity index (χ1) is 11.5. The van der Waals surface area contributed by atoms with Crippen molar-refractivity contribution in [1.82, 2.24) is 0 Å². The molecule has 0 saturated carbocycles. The molecule has 144 valence electrons. The van der Waals surface area contributed by atoms with E-state index in [9.17, 15) is 19.8 Å². The summed E-state index contributed by atoms with van der Waals surface area (Å²) >= 11 is 0. The van der Waals surface area contributed by atoms with E-state index < -0.39 is 36.2 Å². The van der Waals surface area contributed by atoms with Crippen molar-refractivity contribution in [2.75, 3.05) is 6.61 Å². The minimum absolute atomic E-state index is 0.239. The van der Waals surface area contributed by atoms with E-state index in [4.69, 9.17) is 15.3 Å². The molecule has 0 aromatic rings. The van der Waals surface area contributed by atoms with Gasteiger partial charge in [-0.2, -0.15) is 0 Å². The maximum absolute atomic E-state index is 10.8. The highest BCUT2D eigenvalue weighted by Crippen LogP contribution is 2.24. The quantitative estimate of drug-likeness (QED) is 0.204. The van der Waals surface area contributed by atoms with Crippen LogP contribution in [0.3, 0.4) is 0 Å². The van der Waals surface area contributed by atoms with Gasteiger partial charge in [0.05, 0.1) is 18.3 Å². The molecule has 0 aliphatic heterocycles. The summed E-state index contributed by atoms with van der Waals surface area (Å²) in [7, 11) is 0. The van der Waals surface area contributed by atoms with Gasteiger partial charge in [0.2, 0.25) is 0 Å². The first-order valence-electron chi connectivity index (χ1n) is 8.31. The zero-order valence-corrected chi connectivity index (χ0v) is 15.1. The molecule has 0 aliphatic rings. The molecule has 25 heavy (non-hydrogen) atoms. The predicted molar refractivity (Wildman–Crippen MR) is 93.1 cm³/mol. The summed E-state index contributed by atoms with van der Waals surface area (Å²) < 4.78 is 0. The summed E-state index contributed by atoms with van der Waals surface area (Å²) in [4.78, 5) is 21.4. The van der Waals surface area contributed by atoms with Gasteiger partial charge in [-0.3, -0.25) is 4.79 Å². The number of unbranched alkanes of at least 4 members (excludes halogenated alkanes) is 1. The van der Waals surface area contributed by atoms with E-state index in [0.717, 1.165) is 11.6 Å². The van der Waals surface area contributed by atoms with Crippen LogP contribution in [-0.2, 0) is 9.59 Å². The van der Waals surface area contributed by atoms with Crippen molar-refractivity contribution >= 4 is 11.9 Å². The molecule has 3 atom stereocenters. The summed E-state index contributed by atoms with van der Waals surface area (Å²) in [6.07, 6.45) is 3.91. The normalized spacial score (nSPS) is 17.7. The Labute approximate surface area is 148 Å². The summed E-state index contributed by atoms with van der Waals surface area (Å²) in [5.74, 6) is -3.43. The number of carboxylic acids is 2. The molecule has 7 nitrogen and oxygen atoms in total. The fourth-order valence-electron chi connectivity index (χ4n) is 2.79. The van der Waals surface area contributed by atoms with Crippen LogP contribution in [0, 0.1) is 5.92 Å². The molecule has 0 unspecified atom stereocenters. The predicted octanol–water partition coefficient (Wildman–Crippen LogP) is 1.72. The first kappa shape index (κ1) is 23.3. The van der Waals surface area contributed by atoms with Crippen LogP contribution < -0.4 is 0 Å². The van der Waals surface area contributed by atoms with Crippen LogP contribution in [0.2, 0.25) is 0 Å². The number of aliphatic carboxylic acids is 2. The van der Waals surface area contributed by atoms with Crippen molar-refractivity contribution in [3.63, 3.8) is 0 Å². The van der Waals surface area contributed by atoms with Crippen molar-refractivity contribution in [3.8, 4) is 0 Å². The van der Waals surface area contributed by atoms with Crippen LogP contribution in [0.5, 0.6) is 0 Å². The highest BCUT2D eigenvalue weighted by molar-refractivity contribution is 5.81. The molecule has 0 heterocycles. The SMILES string of the molecule is CC(=C\C(=O)O)/C=C(\C)C[C@](C)(O)CCCC[C@H](O)[C@H](CO)C(=O)O. The molecule has 0 saturated heterocycles. The summed E-state index contributed by atoms with van der Waals surface area (Å²) in [5.41, 5.74) is 0.469. The lowest BCUT2D eigenvalue weighted by Gasteiger charge is -2.24. The minimum Gasteiger partial charge on any atom is -0.481 e. The molecule has 0 aromatic carbocycles. The molecular formula is C18H30O7. The monoisotopic (exact) mass is 358 g/mol. The second-order valence-corrected chi connectivity index (χ2v) is 6.83. The molecular weight excluding hydrogens is 328 g/mol. The average molecular weight is 358 g/mol. The number of aliphatic hydroxyl groups excluding tert-OH is 2. The zero-order chi connectivity index (χ0) is 19.6. The Kier molecular flexibility index (Phi) is 10.3. The van der Waals surface area contributed by atoms with E-state index in [1.54, 1.807) is 19.9 Å². The molecule has 0 amide bonds. The summed E-state index contributed by atoms with van der Waals surface area (Å²) in [6.45, 7) is 4.57. The van der Waals surface area contributed by atoms with Crippen molar-refractivity contribution < 1.29 is 35.1 Å². The van der Waals surface area contributed by atoms with Crippen LogP contribution >= 0.6 is 0 Å². The van der Waals surface area contributed by atoms with E-state index in [0.29, 0.717) is 31.3 Å². The maximum atomic E-state index is 10.8. The number of hydrogen-bond donors (Lipinski definition) is 5. The van der Waals surface area contributed by atoms with E-state index in [2.05, 4.69) is 0 Å². The van der Waals surface area contributed by atoms with Gasteiger partial charge in [-0.05, 0) is 45.6 Å². The fourth-order valence-corrected chi connectivity index (χ4v) is 2.79. The van der Waals surface area contributed by atoms with E-state index in [1.807, 2.05) is 6.92 Å². The number of hydrogen-bond acceptors (Lipinski definition) is 5. The number of carboxylic acid groups (broad SMARTS) is 2. The number of rotatable bonds is 12. The molecule has 0 aromatic heterocycles. The lowest BCUT2D eigenvalue weighted by molar-refractivity contribution is -0.147. The van der Waals surface area contributed by atoms with Gasteiger partial charge in [0, 0.05) is 6.08 Å². The van der Waals surface area contributed by atoms with Crippen LogP contribution in [0.1, 0.15) is 52.9 Å². The number of aliphatic hydroxyl groups is 3. The summed E-state index contributed by atoms with van der Waals surface area (Å²) in [6, 6.07) is 0. The van der Waals surface area contributed by atoms with E-state index >= 15 is 0 Å². The molecule has 0 aliphatic carbocycles. The number of allylic oxidation sites excluding steroid dienone is 2. The van der Waals surface area contributed by atoms with Crippen molar-refractivity contribution in [2.24, 2.45) is 5.92 Å². The zero-order valence-electron chi connectivity index (χ0n) is 15.1. The third-order valence-electron chi connectivity index (χ3n) is 3.93. The van der Waals surface area contributed by atoms with Crippen molar-refractivity contribution in [3.05, 3.63) is 23.3 Å². The van der Waals surface area contributed by atoms with Gasteiger partial charge in [0.25, 0.3) is 0 Å². The maximum Gasteiger partial charge on any atom is 0.328 e. The van der Waals surface area contributed by atoms with Crippen molar-refractivity contribution in [1.29, 1.82) is 0 Å². The molecule has 0 fully saturated rings. The van der Waals surface area contributed by atoms with Gasteiger partial charge in [-0.1, -0.05) is 24.5 Å². The third-order valence-corrected chi connectivity index (χ3v) is 3.93. The standard InChI is InChI=1S/C18H30O7/c1-12(9-16(21)22)8-13(2)10-18(3,25)7-5-4-6-15(20)14(11-19)17(23)24/h8-9,14-15,19-20,25H,4-7,10-11H2,1-3H3,(H,21,22)(H,23,24)/b12-9+,13-8+/t14-,15-,18+/m0/s1. The molecule has 0 radical (unpaired) electrons. The highest BCUT2D eigenvalue weighted by atomic mass is 16.4. The smallest absolute Gasteiger partial charge is 0.328 e. The van der Waals surface area contributed by atoms with Crippen molar-refractivity contribution in [2.45, 2.75) is 64.6 Å². The van der Waals surface area contributed by atoms with Crippen LogP contribution in [0.25, 0.3) is 0 Å². The second kappa shape index (κ2) is 11.0. The fraction of sp³-hybridized carbons (Fsp3) is 0.667. The Morgan fingerprint density at radius 2 is 1.72 bits per heavy atom. The first-order valence-corrected chi connectivity index (χ1v) is 8.31. The van der Waals surface area contributed by atoms with Crippen LogP contribution in [0.15, 0.2) is 23.3 Å². The second-order valence-electron chi connectivity index (χ2n) is 6.83. The van der Waals surface area contributed by atoms with Gasteiger partial charge >= 0.3 is 11.9 Å². The highest BCUT2D eigenvalue weighted by Gasteiger charge is 2.26. The lowest BCUT2D eigenvalue weighted by Crippen LogP contribution is -2.31. The van der Waals surface area contributed by atoms with Crippen LogP contribution in [0.4, 0.5) is 0 Å². The molecule has 0 bridgehead atoms. The van der Waals surface area contributed by atoms with Gasteiger partial charge in [0.1, 0.15) is 5.92 Å². The topological polar surface area (TPSA) is 135 Å². The summed E-state index contributed by atoms with van der Waals surface area (Å²) in [5, 5.41) is 46.7. The Morgan fingerprint density at radius 3 is 2.20 bits per heavy atom. The van der Waals surface area contributed by atoms with Gasteiger partial charge in [-0.15, -0.1) is 0 Å². The Morgan fingerprint density at radius 1 is 1.12 bits per heavy atom. The average Bonchev–Trinajstić information content (AvgIpc) is 2.41. The molecule has 0 rings (SSSR count). The largest absolute Gasteiger partial charge is 0.481 e. The third kappa shape index (κ3) is 10.7. The number of carbonyl (C=O) groups is 2. The molecule has 5 N–H and O–H groups in total. The molecule has 7 heteroatoms. The van der Waals surface area contributed by atoms with E-state index in [1.165, 1.54) is 0 Å². The Hall–Kier alpha value is -1.70. The lowest BCUT2D eigenvalue weighted by atomic mass is 9.89. The van der Waals surface area contributed by atoms with Gasteiger partial charge in [0.15, 0.2) is 0 Å². The Bertz CT molecular complexity index is 506. The Balaban J connectivity index is 4.39.